The fourth-order valence-electron chi connectivity index (χ4n) is 6.28. The highest BCUT2D eigenvalue weighted by Crippen LogP contribution is 2.56. The van der Waals surface area contributed by atoms with Crippen molar-refractivity contribution in [2.45, 2.75) is 56.5 Å². The Hall–Kier alpha value is -2.35. The van der Waals surface area contributed by atoms with Crippen LogP contribution in [0.5, 0.6) is 5.88 Å². The Morgan fingerprint density at radius 2 is 1.72 bits per heavy atom. The zero-order chi connectivity index (χ0) is 21.5. The number of ether oxygens (including phenoxy) is 1. The number of rotatable bonds is 4. The Morgan fingerprint density at radius 3 is 2.34 bits per heavy atom. The van der Waals surface area contributed by atoms with Gasteiger partial charge in [-0.3, -0.25) is 5.10 Å². The Balaban J connectivity index is 0.852. The molecule has 168 valence electrons. The van der Waals surface area contributed by atoms with E-state index in [1.807, 2.05) is 15.9 Å². The van der Waals surface area contributed by atoms with Gasteiger partial charge in [-0.05, 0) is 44.6 Å². The van der Waals surface area contributed by atoms with Crippen LogP contribution in [0.4, 0.5) is 4.79 Å². The van der Waals surface area contributed by atoms with E-state index in [2.05, 4.69) is 15.2 Å². The molecule has 2 saturated heterocycles. The minimum atomic E-state index is 0.191. The van der Waals surface area contributed by atoms with Gasteiger partial charge >= 0.3 is 6.03 Å². The molecule has 0 bridgehead atoms. The number of hydrogen-bond acceptors (Lipinski definition) is 5. The first-order valence-corrected chi connectivity index (χ1v) is 12.1. The summed E-state index contributed by atoms with van der Waals surface area (Å²) in [6.07, 6.45) is 8.49. The molecule has 3 aliphatic carbocycles. The van der Waals surface area contributed by atoms with Crippen molar-refractivity contribution in [2.75, 3.05) is 26.2 Å². The summed E-state index contributed by atoms with van der Waals surface area (Å²) in [5.74, 6) is 3.77. The molecule has 2 spiro atoms. The third-order valence-corrected chi connectivity index (χ3v) is 8.39. The predicted molar refractivity (Wildman–Crippen MR) is 117 cm³/mol. The number of aromatic nitrogens is 4. The second kappa shape index (κ2) is 6.59. The van der Waals surface area contributed by atoms with Gasteiger partial charge in [-0.1, -0.05) is 11.6 Å². The molecule has 2 aromatic heterocycles. The second-order valence-corrected chi connectivity index (χ2v) is 11.4. The normalized spacial score (nSPS) is 25.8. The molecule has 0 unspecified atom stereocenters. The summed E-state index contributed by atoms with van der Waals surface area (Å²) in [6.45, 7) is 3.49. The summed E-state index contributed by atoms with van der Waals surface area (Å²) in [5.41, 5.74) is 0.568. The summed E-state index contributed by atoms with van der Waals surface area (Å²) < 4.78 is 5.93. The van der Waals surface area contributed by atoms with Crippen molar-refractivity contribution in [1.29, 1.82) is 0 Å². The van der Waals surface area contributed by atoms with E-state index in [1.54, 1.807) is 12.3 Å². The average molecular weight is 455 g/mol. The van der Waals surface area contributed by atoms with Crippen molar-refractivity contribution >= 4 is 17.6 Å². The molecule has 8 nitrogen and oxygen atoms in total. The summed E-state index contributed by atoms with van der Waals surface area (Å²) in [6, 6.07) is 3.82. The van der Waals surface area contributed by atoms with Crippen LogP contribution in [0.15, 0.2) is 18.3 Å². The first kappa shape index (κ1) is 19.1. The SMILES string of the molecule is O=C(N1CC2(CC(Oc3ccc(Cl)cn3)C2)C1)N1CC2(CC(c3nc(C4CC4)n[nH]3)C2)C1. The number of carbonyl (C=O) groups is 1. The van der Waals surface area contributed by atoms with Crippen molar-refractivity contribution in [1.82, 2.24) is 30.0 Å². The van der Waals surface area contributed by atoms with Gasteiger partial charge in [-0.25, -0.2) is 14.8 Å². The van der Waals surface area contributed by atoms with E-state index in [0.717, 1.165) is 63.5 Å². The van der Waals surface area contributed by atoms with Crippen molar-refractivity contribution in [3.05, 3.63) is 35.0 Å². The Bertz CT molecular complexity index is 1040. The number of pyridine rings is 1. The van der Waals surface area contributed by atoms with Gasteiger partial charge in [0.05, 0.1) is 5.02 Å². The molecule has 0 atom stereocenters. The highest BCUT2D eigenvalue weighted by atomic mass is 35.5. The molecule has 4 heterocycles. The van der Waals surface area contributed by atoms with E-state index in [-0.39, 0.29) is 17.6 Å². The molecule has 5 aliphatic rings. The van der Waals surface area contributed by atoms with Gasteiger partial charge < -0.3 is 14.5 Å². The Labute approximate surface area is 191 Å². The van der Waals surface area contributed by atoms with Crippen LogP contribution >= 0.6 is 11.6 Å². The summed E-state index contributed by atoms with van der Waals surface area (Å²) in [7, 11) is 0. The van der Waals surface area contributed by atoms with E-state index in [4.69, 9.17) is 21.3 Å². The summed E-state index contributed by atoms with van der Waals surface area (Å²) in [4.78, 5) is 25.8. The van der Waals surface area contributed by atoms with E-state index in [1.165, 1.54) is 12.8 Å². The Kier molecular flexibility index (Phi) is 3.94. The van der Waals surface area contributed by atoms with Crippen LogP contribution in [0.3, 0.4) is 0 Å². The molecule has 1 N–H and O–H groups in total. The first-order valence-electron chi connectivity index (χ1n) is 11.7. The highest BCUT2D eigenvalue weighted by molar-refractivity contribution is 6.30. The third kappa shape index (κ3) is 3.10. The molecule has 2 amide bonds. The van der Waals surface area contributed by atoms with E-state index < -0.39 is 0 Å². The number of urea groups is 1. The third-order valence-electron chi connectivity index (χ3n) is 8.16. The maximum atomic E-state index is 12.9. The maximum absolute atomic E-state index is 12.9. The van der Waals surface area contributed by atoms with Crippen LogP contribution in [-0.2, 0) is 0 Å². The number of carbonyl (C=O) groups excluding carboxylic acids is 1. The fourth-order valence-corrected chi connectivity index (χ4v) is 6.39. The molecule has 7 rings (SSSR count). The molecule has 0 radical (unpaired) electrons. The number of halogens is 1. The van der Waals surface area contributed by atoms with Crippen molar-refractivity contribution in [2.24, 2.45) is 10.8 Å². The van der Waals surface area contributed by atoms with E-state index in [9.17, 15) is 4.79 Å². The lowest BCUT2D eigenvalue weighted by Crippen LogP contribution is -2.71. The molecular formula is C23H27ClN6O2. The molecule has 2 aromatic rings. The second-order valence-electron chi connectivity index (χ2n) is 10.9. The lowest BCUT2D eigenvalue weighted by Gasteiger charge is -2.62. The molecule has 2 aliphatic heterocycles. The van der Waals surface area contributed by atoms with Crippen LogP contribution < -0.4 is 4.74 Å². The largest absolute Gasteiger partial charge is 0.474 e. The van der Waals surface area contributed by atoms with E-state index >= 15 is 0 Å². The van der Waals surface area contributed by atoms with Crippen LogP contribution in [-0.4, -0.2) is 68.3 Å². The average Bonchev–Trinajstić information content (AvgIpc) is 3.40. The number of likely N-dealkylation sites (tertiary alicyclic amines) is 2. The maximum Gasteiger partial charge on any atom is 0.320 e. The minimum Gasteiger partial charge on any atom is -0.474 e. The molecule has 0 aromatic carbocycles. The minimum absolute atomic E-state index is 0.191. The van der Waals surface area contributed by atoms with Gasteiger partial charge in [0.25, 0.3) is 0 Å². The summed E-state index contributed by atoms with van der Waals surface area (Å²) in [5, 5.41) is 8.16. The quantitative estimate of drug-likeness (QED) is 0.763. The van der Waals surface area contributed by atoms with Crippen LogP contribution in [0.1, 0.15) is 62.0 Å². The van der Waals surface area contributed by atoms with Crippen molar-refractivity contribution in [3.8, 4) is 5.88 Å². The van der Waals surface area contributed by atoms with Crippen LogP contribution in [0, 0.1) is 10.8 Å². The van der Waals surface area contributed by atoms with Crippen LogP contribution in [0.2, 0.25) is 5.02 Å². The standard InChI is InChI=1S/C23H27ClN6O2/c24-16-3-4-18(25-9-16)32-17-7-23(8-17)12-30(13-23)21(31)29-10-22(11-29)5-15(6-22)20-26-19(27-28-20)14-1-2-14/h3-4,9,14-15,17H,1-2,5-8,10-13H2,(H,26,27,28). The number of aromatic amines is 1. The number of H-pyrrole nitrogens is 1. The molecule has 32 heavy (non-hydrogen) atoms. The smallest absolute Gasteiger partial charge is 0.320 e. The number of nitrogens with zero attached hydrogens (tertiary/aromatic N) is 5. The number of hydrogen-bond donors (Lipinski definition) is 1. The van der Waals surface area contributed by atoms with E-state index in [0.29, 0.717) is 28.2 Å². The highest BCUT2D eigenvalue weighted by Gasteiger charge is 2.59. The van der Waals surface area contributed by atoms with Gasteiger partial charge in [0.1, 0.15) is 11.9 Å². The molecule has 9 heteroatoms. The Morgan fingerprint density at radius 1 is 1.03 bits per heavy atom. The van der Waals surface area contributed by atoms with Crippen molar-refractivity contribution in [3.63, 3.8) is 0 Å². The van der Waals surface area contributed by atoms with Gasteiger partial charge in [-0.15, -0.1) is 0 Å². The van der Waals surface area contributed by atoms with Gasteiger partial charge in [0.15, 0.2) is 5.82 Å². The summed E-state index contributed by atoms with van der Waals surface area (Å²) >= 11 is 5.87. The zero-order valence-corrected chi connectivity index (χ0v) is 18.7. The van der Waals surface area contributed by atoms with Gasteiger partial charge in [-0.2, -0.15) is 5.10 Å². The van der Waals surface area contributed by atoms with Gasteiger partial charge in [0, 0.05) is 61.1 Å². The molecular weight excluding hydrogens is 428 g/mol. The fraction of sp³-hybridized carbons (Fsp3) is 0.652. The number of amides is 2. The predicted octanol–water partition coefficient (Wildman–Crippen LogP) is 3.57. The lowest BCUT2D eigenvalue weighted by molar-refractivity contribution is -0.118. The van der Waals surface area contributed by atoms with Crippen LogP contribution in [0.25, 0.3) is 0 Å². The zero-order valence-electron chi connectivity index (χ0n) is 18.0. The monoisotopic (exact) mass is 454 g/mol. The lowest BCUT2D eigenvalue weighted by atomic mass is 9.57. The first-order chi connectivity index (χ1) is 15.5. The number of nitrogens with one attached hydrogen (secondary N) is 1. The molecule has 3 saturated carbocycles. The topological polar surface area (TPSA) is 87.2 Å². The molecule has 5 fully saturated rings. The van der Waals surface area contributed by atoms with Gasteiger partial charge in [0.2, 0.25) is 5.88 Å². The van der Waals surface area contributed by atoms with Crippen molar-refractivity contribution < 1.29 is 9.53 Å².